The summed E-state index contributed by atoms with van der Waals surface area (Å²) in [5.41, 5.74) is 2.74. The van der Waals surface area contributed by atoms with Crippen molar-refractivity contribution in [1.29, 1.82) is 0 Å². The summed E-state index contributed by atoms with van der Waals surface area (Å²) in [6, 6.07) is 16.4. The fourth-order valence-corrected chi connectivity index (χ4v) is 3.43. The zero-order chi connectivity index (χ0) is 15.7. The van der Waals surface area contributed by atoms with Gasteiger partial charge in [-0.3, -0.25) is 0 Å². The molecule has 0 saturated carbocycles. The Bertz CT molecular complexity index is 758. The van der Waals surface area contributed by atoms with Gasteiger partial charge in [-0.1, -0.05) is 47.5 Å². The molecule has 2 nitrogen and oxygen atoms in total. The third-order valence-corrected chi connectivity index (χ3v) is 4.88. The van der Waals surface area contributed by atoms with Gasteiger partial charge in [-0.15, -0.1) is 11.3 Å². The largest absolute Gasteiger partial charge is 0.477 e. The predicted molar refractivity (Wildman–Crippen MR) is 92.2 cm³/mol. The molecular formula is C17H10Cl2O2S. The van der Waals surface area contributed by atoms with Crippen LogP contribution >= 0.6 is 34.5 Å². The minimum absolute atomic E-state index is 0.301. The molecule has 0 atom stereocenters. The van der Waals surface area contributed by atoms with Crippen molar-refractivity contribution in [3.8, 4) is 21.6 Å². The second-order valence-corrected chi connectivity index (χ2v) is 6.60. The fraction of sp³-hybridized carbons (Fsp3) is 0. The molecular weight excluding hydrogens is 339 g/mol. The lowest BCUT2D eigenvalue weighted by Crippen LogP contribution is -1.89. The van der Waals surface area contributed by atoms with Gasteiger partial charge in [-0.25, -0.2) is 4.79 Å². The number of benzene rings is 2. The molecule has 0 bridgehead atoms. The van der Waals surface area contributed by atoms with Gasteiger partial charge in [0.05, 0.1) is 0 Å². The van der Waals surface area contributed by atoms with Gasteiger partial charge in [0.1, 0.15) is 4.88 Å². The molecule has 2 aromatic carbocycles. The van der Waals surface area contributed by atoms with E-state index in [1.54, 1.807) is 30.3 Å². The van der Waals surface area contributed by atoms with Gasteiger partial charge in [0.15, 0.2) is 0 Å². The van der Waals surface area contributed by atoms with E-state index in [2.05, 4.69) is 0 Å². The summed E-state index contributed by atoms with van der Waals surface area (Å²) in [5, 5.41) is 10.6. The summed E-state index contributed by atoms with van der Waals surface area (Å²) < 4.78 is 0. The molecule has 0 amide bonds. The highest BCUT2D eigenvalue weighted by molar-refractivity contribution is 7.18. The molecule has 0 aliphatic heterocycles. The number of hydrogen-bond donors (Lipinski definition) is 1. The second-order valence-electron chi connectivity index (χ2n) is 4.67. The van der Waals surface area contributed by atoms with Gasteiger partial charge in [0.2, 0.25) is 0 Å². The quantitative estimate of drug-likeness (QED) is 0.621. The number of aromatic carboxylic acids is 1. The summed E-state index contributed by atoms with van der Waals surface area (Å²) in [6.45, 7) is 0. The van der Waals surface area contributed by atoms with Gasteiger partial charge in [-0.2, -0.15) is 0 Å². The van der Waals surface area contributed by atoms with Gasteiger partial charge < -0.3 is 5.11 Å². The van der Waals surface area contributed by atoms with Crippen LogP contribution in [0.2, 0.25) is 10.0 Å². The molecule has 0 fully saturated rings. The summed E-state index contributed by atoms with van der Waals surface area (Å²) in [7, 11) is 0. The normalized spacial score (nSPS) is 10.6. The van der Waals surface area contributed by atoms with E-state index < -0.39 is 5.97 Å². The summed E-state index contributed by atoms with van der Waals surface area (Å²) in [5.74, 6) is -0.930. The second kappa shape index (κ2) is 6.13. The maximum Gasteiger partial charge on any atom is 0.345 e. The molecule has 0 saturated heterocycles. The molecule has 0 aliphatic rings. The number of hydrogen-bond acceptors (Lipinski definition) is 2. The summed E-state index contributed by atoms with van der Waals surface area (Å²) in [4.78, 5) is 12.5. The van der Waals surface area contributed by atoms with Gasteiger partial charge in [0.25, 0.3) is 0 Å². The molecule has 0 spiro atoms. The molecule has 0 aliphatic carbocycles. The number of carboxylic acid groups (broad SMARTS) is 1. The standard InChI is InChI=1S/C17H10Cl2O2S/c18-12-5-1-10(2-6-12)14-9-15(17(20)21)22-16(14)11-3-7-13(19)8-4-11/h1-9H,(H,20,21). The third-order valence-electron chi connectivity index (χ3n) is 3.20. The Morgan fingerprint density at radius 1 is 0.864 bits per heavy atom. The van der Waals surface area contributed by atoms with E-state index in [9.17, 15) is 9.90 Å². The van der Waals surface area contributed by atoms with Crippen LogP contribution in [0.25, 0.3) is 21.6 Å². The third kappa shape index (κ3) is 3.02. The smallest absolute Gasteiger partial charge is 0.345 e. The van der Waals surface area contributed by atoms with Crippen LogP contribution in [0.15, 0.2) is 54.6 Å². The summed E-state index contributed by atoms with van der Waals surface area (Å²) in [6.07, 6.45) is 0. The molecule has 3 aromatic rings. The monoisotopic (exact) mass is 348 g/mol. The molecule has 0 radical (unpaired) electrons. The van der Waals surface area contributed by atoms with Crippen molar-refractivity contribution in [2.24, 2.45) is 0 Å². The molecule has 0 unspecified atom stereocenters. The molecule has 1 N–H and O–H groups in total. The van der Waals surface area contributed by atoms with Crippen LogP contribution < -0.4 is 0 Å². The maximum atomic E-state index is 11.3. The van der Waals surface area contributed by atoms with Gasteiger partial charge in [0, 0.05) is 20.5 Å². The first-order valence-corrected chi connectivity index (χ1v) is 8.01. The first-order chi connectivity index (χ1) is 10.5. The number of carboxylic acids is 1. The van der Waals surface area contributed by atoms with Crippen molar-refractivity contribution in [3.05, 3.63) is 69.5 Å². The van der Waals surface area contributed by atoms with Crippen molar-refractivity contribution in [2.75, 3.05) is 0 Å². The first-order valence-electron chi connectivity index (χ1n) is 6.43. The van der Waals surface area contributed by atoms with E-state index in [0.717, 1.165) is 21.6 Å². The van der Waals surface area contributed by atoms with Gasteiger partial charge >= 0.3 is 5.97 Å². The van der Waals surface area contributed by atoms with Crippen LogP contribution in [0.3, 0.4) is 0 Å². The zero-order valence-corrected chi connectivity index (χ0v) is 13.5. The average molecular weight is 349 g/mol. The number of thiophene rings is 1. The molecule has 1 aromatic heterocycles. The topological polar surface area (TPSA) is 37.3 Å². The Hall–Kier alpha value is -1.81. The van der Waals surface area contributed by atoms with Gasteiger partial charge in [-0.05, 0) is 41.5 Å². The van der Waals surface area contributed by atoms with Crippen LogP contribution in [-0.2, 0) is 0 Å². The number of rotatable bonds is 3. The SMILES string of the molecule is O=C(O)c1cc(-c2ccc(Cl)cc2)c(-c2ccc(Cl)cc2)s1. The van der Waals surface area contributed by atoms with E-state index in [0.29, 0.717) is 14.9 Å². The highest BCUT2D eigenvalue weighted by Crippen LogP contribution is 2.40. The Morgan fingerprint density at radius 2 is 1.36 bits per heavy atom. The van der Waals surface area contributed by atoms with Crippen molar-refractivity contribution in [2.45, 2.75) is 0 Å². The van der Waals surface area contributed by atoms with Crippen LogP contribution in [-0.4, -0.2) is 11.1 Å². The van der Waals surface area contributed by atoms with Crippen molar-refractivity contribution in [1.82, 2.24) is 0 Å². The molecule has 22 heavy (non-hydrogen) atoms. The van der Waals surface area contributed by atoms with E-state index in [-0.39, 0.29) is 0 Å². The Labute approximate surface area is 141 Å². The fourth-order valence-electron chi connectivity index (χ4n) is 2.16. The minimum Gasteiger partial charge on any atom is -0.477 e. The van der Waals surface area contributed by atoms with Crippen molar-refractivity contribution >= 4 is 40.5 Å². The number of halogens is 2. The van der Waals surface area contributed by atoms with E-state index in [1.165, 1.54) is 11.3 Å². The van der Waals surface area contributed by atoms with Crippen LogP contribution in [0, 0.1) is 0 Å². The van der Waals surface area contributed by atoms with Crippen molar-refractivity contribution < 1.29 is 9.90 Å². The molecule has 110 valence electrons. The Morgan fingerprint density at radius 3 is 1.86 bits per heavy atom. The lowest BCUT2D eigenvalue weighted by Gasteiger charge is -2.05. The minimum atomic E-state index is -0.930. The summed E-state index contributed by atoms with van der Waals surface area (Å²) >= 11 is 13.1. The van der Waals surface area contributed by atoms with Crippen LogP contribution in [0.1, 0.15) is 9.67 Å². The van der Waals surface area contributed by atoms with Crippen LogP contribution in [0.4, 0.5) is 0 Å². The predicted octanol–water partition coefficient (Wildman–Crippen LogP) is 6.09. The van der Waals surface area contributed by atoms with E-state index in [4.69, 9.17) is 23.2 Å². The van der Waals surface area contributed by atoms with Crippen LogP contribution in [0.5, 0.6) is 0 Å². The van der Waals surface area contributed by atoms with E-state index >= 15 is 0 Å². The molecule has 3 rings (SSSR count). The first kappa shape index (κ1) is 15.1. The Balaban J connectivity index is 2.17. The lowest BCUT2D eigenvalue weighted by molar-refractivity contribution is 0.0702. The van der Waals surface area contributed by atoms with E-state index in [1.807, 2.05) is 24.3 Å². The maximum absolute atomic E-state index is 11.3. The van der Waals surface area contributed by atoms with Crippen molar-refractivity contribution in [3.63, 3.8) is 0 Å². The molecule has 1 heterocycles. The highest BCUT2D eigenvalue weighted by Gasteiger charge is 2.16. The molecule has 5 heteroatoms. The zero-order valence-electron chi connectivity index (χ0n) is 11.2. The Kier molecular flexibility index (Phi) is 4.21. The average Bonchev–Trinajstić information content (AvgIpc) is 2.94. The lowest BCUT2D eigenvalue weighted by atomic mass is 10.0. The number of carbonyl (C=O) groups is 1. The highest BCUT2D eigenvalue weighted by atomic mass is 35.5.